The van der Waals surface area contributed by atoms with Crippen LogP contribution in [0.5, 0.6) is 0 Å². The van der Waals surface area contributed by atoms with Gasteiger partial charge in [-0.05, 0) is 55.3 Å². The standard InChI is InChI=1S/C25H31N5/c1-16-19(9-7-11-21(16)26-4)20-10-8-12-22(17(20)2)27-18(3)25-28-23-15-29(5)14-13-24(23)30(25)6/h7-12,26-27H,3,13-15H2,1-2,4-6H3. The minimum Gasteiger partial charge on any atom is -0.388 e. The first-order valence-electron chi connectivity index (χ1n) is 10.5. The molecule has 30 heavy (non-hydrogen) atoms. The lowest BCUT2D eigenvalue weighted by molar-refractivity contribution is 0.305. The number of rotatable bonds is 5. The molecule has 0 spiro atoms. The van der Waals surface area contributed by atoms with Crippen molar-refractivity contribution in [3.8, 4) is 11.1 Å². The van der Waals surface area contributed by atoms with Crippen LogP contribution >= 0.6 is 0 Å². The molecule has 5 nitrogen and oxygen atoms in total. The zero-order valence-electron chi connectivity index (χ0n) is 18.6. The van der Waals surface area contributed by atoms with Crippen LogP contribution in [0, 0.1) is 13.8 Å². The van der Waals surface area contributed by atoms with E-state index in [9.17, 15) is 0 Å². The molecular formula is C25H31N5. The molecule has 2 aromatic carbocycles. The van der Waals surface area contributed by atoms with Crippen LogP contribution in [-0.4, -0.2) is 35.1 Å². The number of hydrogen-bond donors (Lipinski definition) is 2. The van der Waals surface area contributed by atoms with Gasteiger partial charge in [-0.2, -0.15) is 0 Å². The van der Waals surface area contributed by atoms with E-state index in [4.69, 9.17) is 4.98 Å². The van der Waals surface area contributed by atoms with Crippen molar-refractivity contribution in [3.63, 3.8) is 0 Å². The molecule has 0 unspecified atom stereocenters. The fourth-order valence-corrected chi connectivity index (χ4v) is 4.41. The van der Waals surface area contributed by atoms with Crippen LogP contribution in [0.25, 0.3) is 16.8 Å². The lowest BCUT2D eigenvalue weighted by atomic mass is 9.94. The molecule has 156 valence electrons. The van der Waals surface area contributed by atoms with Crippen molar-refractivity contribution in [3.05, 3.63) is 71.3 Å². The van der Waals surface area contributed by atoms with Crippen LogP contribution in [-0.2, 0) is 20.0 Å². The smallest absolute Gasteiger partial charge is 0.156 e. The predicted molar refractivity (Wildman–Crippen MR) is 127 cm³/mol. The van der Waals surface area contributed by atoms with E-state index in [0.29, 0.717) is 0 Å². The zero-order chi connectivity index (χ0) is 21.4. The van der Waals surface area contributed by atoms with E-state index in [2.05, 4.69) is 91.0 Å². The third kappa shape index (κ3) is 3.50. The molecule has 2 N–H and O–H groups in total. The monoisotopic (exact) mass is 401 g/mol. The van der Waals surface area contributed by atoms with E-state index in [-0.39, 0.29) is 0 Å². The molecule has 0 aliphatic carbocycles. The van der Waals surface area contributed by atoms with Crippen LogP contribution in [0.1, 0.15) is 28.3 Å². The first-order valence-corrected chi connectivity index (χ1v) is 10.5. The SMILES string of the molecule is C=C(Nc1cccc(-c2cccc(NC)c2C)c1C)c1nc2c(n1C)CCN(C)C2. The van der Waals surface area contributed by atoms with Gasteiger partial charge in [0.1, 0.15) is 0 Å². The summed E-state index contributed by atoms with van der Waals surface area (Å²) in [6, 6.07) is 12.8. The van der Waals surface area contributed by atoms with Gasteiger partial charge in [0, 0.05) is 50.7 Å². The lowest BCUT2D eigenvalue weighted by Gasteiger charge is -2.21. The zero-order valence-corrected chi connectivity index (χ0v) is 18.6. The van der Waals surface area contributed by atoms with Crippen molar-refractivity contribution in [1.29, 1.82) is 0 Å². The summed E-state index contributed by atoms with van der Waals surface area (Å²) in [5.41, 5.74) is 10.4. The molecule has 0 fully saturated rings. The average Bonchev–Trinajstić information content (AvgIpc) is 3.06. The van der Waals surface area contributed by atoms with E-state index in [0.717, 1.165) is 48.1 Å². The first-order chi connectivity index (χ1) is 14.4. The van der Waals surface area contributed by atoms with E-state index >= 15 is 0 Å². The fraction of sp³-hybridized carbons (Fsp3) is 0.320. The summed E-state index contributed by atoms with van der Waals surface area (Å²) in [4.78, 5) is 7.20. The van der Waals surface area contributed by atoms with Gasteiger partial charge in [-0.15, -0.1) is 0 Å². The molecule has 3 aromatic rings. The van der Waals surface area contributed by atoms with Gasteiger partial charge in [0.05, 0.1) is 11.4 Å². The minimum atomic E-state index is 0.829. The highest BCUT2D eigenvalue weighted by molar-refractivity contribution is 5.82. The molecule has 0 saturated heterocycles. The molecule has 1 aromatic heterocycles. The number of imidazole rings is 1. The Hall–Kier alpha value is -3.05. The Morgan fingerprint density at radius 1 is 1.00 bits per heavy atom. The summed E-state index contributed by atoms with van der Waals surface area (Å²) in [5.74, 6) is 0.911. The Kier molecular flexibility index (Phi) is 5.39. The summed E-state index contributed by atoms with van der Waals surface area (Å²) in [6.45, 7) is 10.6. The molecule has 5 heteroatoms. The number of aromatic nitrogens is 2. The largest absolute Gasteiger partial charge is 0.388 e. The van der Waals surface area contributed by atoms with Gasteiger partial charge in [0.2, 0.25) is 0 Å². The highest BCUT2D eigenvalue weighted by atomic mass is 15.2. The van der Waals surface area contributed by atoms with Crippen LogP contribution in [0.4, 0.5) is 11.4 Å². The molecule has 0 amide bonds. The van der Waals surface area contributed by atoms with Gasteiger partial charge >= 0.3 is 0 Å². The van der Waals surface area contributed by atoms with Gasteiger partial charge in [-0.25, -0.2) is 4.98 Å². The number of nitrogens with one attached hydrogen (secondary N) is 2. The maximum Gasteiger partial charge on any atom is 0.156 e. The van der Waals surface area contributed by atoms with E-state index in [1.54, 1.807) is 0 Å². The molecular weight excluding hydrogens is 370 g/mol. The second-order valence-corrected chi connectivity index (χ2v) is 8.19. The summed E-state index contributed by atoms with van der Waals surface area (Å²) in [7, 11) is 6.20. The molecule has 1 aliphatic heterocycles. The third-order valence-corrected chi connectivity index (χ3v) is 6.23. The summed E-state index contributed by atoms with van der Waals surface area (Å²) in [6.07, 6.45) is 1.03. The van der Waals surface area contributed by atoms with Crippen molar-refractivity contribution in [2.24, 2.45) is 7.05 Å². The van der Waals surface area contributed by atoms with Gasteiger partial charge in [0.15, 0.2) is 5.82 Å². The van der Waals surface area contributed by atoms with Gasteiger partial charge in [-0.3, -0.25) is 0 Å². The van der Waals surface area contributed by atoms with Crippen LogP contribution in [0.15, 0.2) is 43.0 Å². The Labute approximate surface area is 179 Å². The predicted octanol–water partition coefficient (Wildman–Crippen LogP) is 4.82. The molecule has 0 radical (unpaired) electrons. The summed E-state index contributed by atoms with van der Waals surface area (Å²) in [5, 5.41) is 6.82. The number of likely N-dealkylation sites (N-methyl/N-ethyl adjacent to an activating group) is 1. The number of fused-ring (bicyclic) bond motifs is 1. The van der Waals surface area contributed by atoms with Gasteiger partial charge in [-0.1, -0.05) is 30.8 Å². The van der Waals surface area contributed by atoms with Crippen molar-refractivity contribution in [2.45, 2.75) is 26.8 Å². The highest BCUT2D eigenvalue weighted by Crippen LogP contribution is 2.34. The Morgan fingerprint density at radius 2 is 1.63 bits per heavy atom. The number of nitrogens with zero attached hydrogens (tertiary/aromatic N) is 3. The quantitative estimate of drug-likeness (QED) is 0.644. The fourth-order valence-electron chi connectivity index (χ4n) is 4.41. The lowest BCUT2D eigenvalue weighted by Crippen LogP contribution is -2.27. The second-order valence-electron chi connectivity index (χ2n) is 8.19. The van der Waals surface area contributed by atoms with Crippen molar-refractivity contribution in [1.82, 2.24) is 14.5 Å². The highest BCUT2D eigenvalue weighted by Gasteiger charge is 2.22. The van der Waals surface area contributed by atoms with E-state index < -0.39 is 0 Å². The molecule has 0 atom stereocenters. The normalized spacial score (nSPS) is 13.8. The Morgan fingerprint density at radius 3 is 2.30 bits per heavy atom. The molecule has 1 aliphatic rings. The van der Waals surface area contributed by atoms with E-state index in [1.807, 2.05) is 7.05 Å². The van der Waals surface area contributed by atoms with Gasteiger partial charge in [0.25, 0.3) is 0 Å². The number of anilines is 2. The summed E-state index contributed by atoms with van der Waals surface area (Å²) >= 11 is 0. The number of hydrogen-bond acceptors (Lipinski definition) is 4. The number of benzene rings is 2. The van der Waals surface area contributed by atoms with E-state index in [1.165, 1.54) is 27.9 Å². The molecule has 0 saturated carbocycles. The van der Waals surface area contributed by atoms with Crippen molar-refractivity contribution < 1.29 is 0 Å². The maximum atomic E-state index is 4.89. The minimum absolute atomic E-state index is 0.829. The first kappa shape index (κ1) is 20.2. The Balaban J connectivity index is 1.66. The van der Waals surface area contributed by atoms with Crippen LogP contribution in [0.3, 0.4) is 0 Å². The molecule has 0 bridgehead atoms. The van der Waals surface area contributed by atoms with Gasteiger partial charge < -0.3 is 20.1 Å². The maximum absolute atomic E-state index is 4.89. The van der Waals surface area contributed by atoms with Crippen LogP contribution < -0.4 is 10.6 Å². The molecule has 2 heterocycles. The van der Waals surface area contributed by atoms with Crippen molar-refractivity contribution in [2.75, 3.05) is 31.3 Å². The third-order valence-electron chi connectivity index (χ3n) is 6.23. The summed E-state index contributed by atoms with van der Waals surface area (Å²) < 4.78 is 2.19. The van der Waals surface area contributed by atoms with Crippen molar-refractivity contribution >= 4 is 17.1 Å². The Bertz CT molecular complexity index is 1110. The second kappa shape index (κ2) is 8.00. The molecule has 4 rings (SSSR count). The average molecular weight is 402 g/mol. The topological polar surface area (TPSA) is 45.1 Å². The van der Waals surface area contributed by atoms with Crippen LogP contribution in [0.2, 0.25) is 0 Å².